The molecule has 0 aromatic rings. The van der Waals surface area contributed by atoms with Crippen LogP contribution in [0.3, 0.4) is 0 Å². The highest BCUT2D eigenvalue weighted by molar-refractivity contribution is 5.02. The molecule has 0 N–H and O–H groups in total. The Bertz CT molecular complexity index is 293. The van der Waals surface area contributed by atoms with Crippen molar-refractivity contribution in [2.24, 2.45) is 17.3 Å². The minimum absolute atomic E-state index is 0.0822. The normalized spacial score (nSPS) is 29.3. The van der Waals surface area contributed by atoms with Crippen LogP contribution in [-0.2, 0) is 4.74 Å². The van der Waals surface area contributed by atoms with Crippen LogP contribution in [0.2, 0.25) is 0 Å². The zero-order valence-electron chi connectivity index (χ0n) is 12.8. The number of nitrogens with zero attached hydrogens (tertiary/aromatic N) is 1. The summed E-state index contributed by atoms with van der Waals surface area (Å²) in [7, 11) is 1.76. The van der Waals surface area contributed by atoms with Gasteiger partial charge >= 0.3 is 0 Å². The Kier molecular flexibility index (Phi) is 5.22. The molecule has 2 nitrogen and oxygen atoms in total. The molecule has 0 aromatic heterocycles. The average molecular weight is 251 g/mol. The SMILES string of the molecule is COC(C)(C)CCC1(C#N)CCC(C(C)C)CC1. The van der Waals surface area contributed by atoms with Gasteiger partial charge in [0.2, 0.25) is 0 Å². The van der Waals surface area contributed by atoms with Gasteiger partial charge in [-0.15, -0.1) is 0 Å². The van der Waals surface area contributed by atoms with Crippen LogP contribution < -0.4 is 0 Å². The van der Waals surface area contributed by atoms with E-state index in [0.717, 1.165) is 37.5 Å². The summed E-state index contributed by atoms with van der Waals surface area (Å²) in [5.74, 6) is 1.58. The molecule has 1 aliphatic carbocycles. The molecule has 1 fully saturated rings. The summed E-state index contributed by atoms with van der Waals surface area (Å²) in [5, 5.41) is 9.55. The van der Waals surface area contributed by atoms with Gasteiger partial charge in [0, 0.05) is 7.11 Å². The number of hydrogen-bond acceptors (Lipinski definition) is 2. The summed E-state index contributed by atoms with van der Waals surface area (Å²) in [6, 6.07) is 2.62. The summed E-state index contributed by atoms with van der Waals surface area (Å²) in [5.41, 5.74) is -0.181. The van der Waals surface area contributed by atoms with Crippen molar-refractivity contribution in [2.75, 3.05) is 7.11 Å². The van der Waals surface area contributed by atoms with E-state index in [1.165, 1.54) is 12.8 Å². The van der Waals surface area contributed by atoms with Gasteiger partial charge in [-0.25, -0.2) is 0 Å². The van der Waals surface area contributed by atoms with Gasteiger partial charge in [-0.1, -0.05) is 13.8 Å². The lowest BCUT2D eigenvalue weighted by Gasteiger charge is -2.38. The van der Waals surface area contributed by atoms with Gasteiger partial charge in [-0.2, -0.15) is 5.26 Å². The van der Waals surface area contributed by atoms with E-state index in [-0.39, 0.29) is 11.0 Å². The molecule has 0 aliphatic heterocycles. The first kappa shape index (κ1) is 15.5. The lowest BCUT2D eigenvalue weighted by atomic mass is 9.66. The molecule has 1 rings (SSSR count). The number of rotatable bonds is 5. The molecular formula is C16H29NO. The van der Waals surface area contributed by atoms with Crippen LogP contribution in [0.15, 0.2) is 0 Å². The lowest BCUT2D eigenvalue weighted by molar-refractivity contribution is 0.00298. The number of ether oxygens (including phenoxy) is 1. The van der Waals surface area contributed by atoms with Gasteiger partial charge in [0.25, 0.3) is 0 Å². The largest absolute Gasteiger partial charge is 0.379 e. The Morgan fingerprint density at radius 3 is 2.28 bits per heavy atom. The van der Waals surface area contributed by atoms with E-state index in [1.54, 1.807) is 7.11 Å². The number of nitriles is 1. The maximum absolute atomic E-state index is 9.55. The molecule has 104 valence electrons. The Morgan fingerprint density at radius 1 is 1.33 bits per heavy atom. The van der Waals surface area contributed by atoms with Crippen molar-refractivity contribution < 1.29 is 4.74 Å². The van der Waals surface area contributed by atoms with Crippen LogP contribution in [0.5, 0.6) is 0 Å². The van der Waals surface area contributed by atoms with Gasteiger partial charge in [0.1, 0.15) is 0 Å². The van der Waals surface area contributed by atoms with Gasteiger partial charge in [-0.05, 0) is 64.2 Å². The maximum atomic E-state index is 9.55. The second kappa shape index (κ2) is 6.06. The molecule has 0 bridgehead atoms. The highest BCUT2D eigenvalue weighted by Crippen LogP contribution is 2.44. The van der Waals surface area contributed by atoms with Gasteiger partial charge in [0.05, 0.1) is 17.1 Å². The zero-order chi connectivity index (χ0) is 13.8. The summed E-state index contributed by atoms with van der Waals surface area (Å²) in [6.45, 7) is 8.83. The molecule has 0 unspecified atom stereocenters. The highest BCUT2D eigenvalue weighted by atomic mass is 16.5. The van der Waals surface area contributed by atoms with Gasteiger partial charge in [-0.3, -0.25) is 0 Å². The van der Waals surface area contributed by atoms with Crippen molar-refractivity contribution in [3.05, 3.63) is 0 Å². The molecule has 2 heteroatoms. The minimum atomic E-state index is -0.0985. The predicted molar refractivity (Wildman–Crippen MR) is 75.2 cm³/mol. The van der Waals surface area contributed by atoms with E-state index >= 15 is 0 Å². The standard InChI is InChI=1S/C16H29NO/c1-13(2)14-6-8-16(12-17,9-7-14)11-10-15(3,4)18-5/h13-14H,6-11H2,1-5H3. The van der Waals surface area contributed by atoms with E-state index in [2.05, 4.69) is 33.8 Å². The third-order valence-electron chi connectivity index (χ3n) is 4.93. The van der Waals surface area contributed by atoms with E-state index in [9.17, 15) is 5.26 Å². The van der Waals surface area contributed by atoms with Crippen LogP contribution in [-0.4, -0.2) is 12.7 Å². The van der Waals surface area contributed by atoms with E-state index in [4.69, 9.17) is 4.74 Å². The van der Waals surface area contributed by atoms with Crippen LogP contribution in [0, 0.1) is 28.6 Å². The Labute approximate surface area is 113 Å². The molecule has 0 aromatic carbocycles. The Hall–Kier alpha value is -0.550. The van der Waals surface area contributed by atoms with Crippen molar-refractivity contribution in [2.45, 2.75) is 71.8 Å². The smallest absolute Gasteiger partial charge is 0.0689 e. The van der Waals surface area contributed by atoms with Crippen molar-refractivity contribution in [1.29, 1.82) is 5.26 Å². The quantitative estimate of drug-likeness (QED) is 0.718. The van der Waals surface area contributed by atoms with E-state index in [1.807, 2.05) is 0 Å². The fourth-order valence-corrected chi connectivity index (χ4v) is 2.92. The summed E-state index contributed by atoms with van der Waals surface area (Å²) >= 11 is 0. The topological polar surface area (TPSA) is 33.0 Å². The molecule has 0 amide bonds. The summed E-state index contributed by atoms with van der Waals surface area (Å²) in [4.78, 5) is 0. The lowest BCUT2D eigenvalue weighted by Crippen LogP contribution is -2.31. The predicted octanol–water partition coefficient (Wildman–Crippen LogP) is 4.55. The minimum Gasteiger partial charge on any atom is -0.379 e. The Balaban J connectivity index is 2.54. The van der Waals surface area contributed by atoms with Crippen LogP contribution in [0.4, 0.5) is 0 Å². The molecule has 18 heavy (non-hydrogen) atoms. The molecule has 0 radical (unpaired) electrons. The monoisotopic (exact) mass is 251 g/mol. The molecule has 0 heterocycles. The average Bonchev–Trinajstić information content (AvgIpc) is 2.37. The van der Waals surface area contributed by atoms with Crippen molar-refractivity contribution >= 4 is 0 Å². The van der Waals surface area contributed by atoms with E-state index < -0.39 is 0 Å². The third-order valence-corrected chi connectivity index (χ3v) is 4.93. The molecule has 0 atom stereocenters. The van der Waals surface area contributed by atoms with Crippen molar-refractivity contribution in [1.82, 2.24) is 0 Å². The van der Waals surface area contributed by atoms with E-state index in [0.29, 0.717) is 0 Å². The first-order valence-electron chi connectivity index (χ1n) is 7.30. The van der Waals surface area contributed by atoms with Crippen molar-refractivity contribution in [3.63, 3.8) is 0 Å². The second-order valence-corrected chi connectivity index (χ2v) is 6.94. The third kappa shape index (κ3) is 3.99. The van der Waals surface area contributed by atoms with Crippen LogP contribution >= 0.6 is 0 Å². The molecule has 0 spiro atoms. The highest BCUT2D eigenvalue weighted by Gasteiger charge is 2.37. The summed E-state index contributed by atoms with van der Waals surface area (Å²) in [6.07, 6.45) is 6.55. The zero-order valence-corrected chi connectivity index (χ0v) is 12.8. The summed E-state index contributed by atoms with van der Waals surface area (Å²) < 4.78 is 5.47. The van der Waals surface area contributed by atoms with Crippen LogP contribution in [0.1, 0.15) is 66.2 Å². The van der Waals surface area contributed by atoms with Gasteiger partial charge in [0.15, 0.2) is 0 Å². The van der Waals surface area contributed by atoms with Gasteiger partial charge < -0.3 is 4.74 Å². The first-order valence-corrected chi connectivity index (χ1v) is 7.30. The molecule has 0 saturated heterocycles. The Morgan fingerprint density at radius 2 is 1.89 bits per heavy atom. The number of methoxy groups -OCH3 is 1. The fraction of sp³-hybridized carbons (Fsp3) is 0.938. The second-order valence-electron chi connectivity index (χ2n) is 6.94. The van der Waals surface area contributed by atoms with Crippen LogP contribution in [0.25, 0.3) is 0 Å². The molecule has 1 aliphatic rings. The number of hydrogen-bond donors (Lipinski definition) is 0. The first-order chi connectivity index (χ1) is 8.34. The fourth-order valence-electron chi connectivity index (χ4n) is 2.92. The molecule has 1 saturated carbocycles. The van der Waals surface area contributed by atoms with Crippen molar-refractivity contribution in [3.8, 4) is 6.07 Å². The maximum Gasteiger partial charge on any atom is 0.0689 e. The molecular weight excluding hydrogens is 222 g/mol.